The summed E-state index contributed by atoms with van der Waals surface area (Å²) in [6.07, 6.45) is 6.97. The van der Waals surface area contributed by atoms with Gasteiger partial charge in [0, 0.05) is 39.9 Å². The minimum atomic E-state index is 0.631. The summed E-state index contributed by atoms with van der Waals surface area (Å²) in [6.45, 7) is 7.17. The quantitative estimate of drug-likeness (QED) is 0.297. The van der Waals surface area contributed by atoms with E-state index in [1.165, 1.54) is 47.6 Å². The second kappa shape index (κ2) is 13.0. The fourth-order valence-corrected chi connectivity index (χ4v) is 6.20. The number of benzene rings is 2. The number of hydrogen-bond donors (Lipinski definition) is 0. The third-order valence-corrected chi connectivity index (χ3v) is 8.19. The molecule has 31 heavy (non-hydrogen) atoms. The molecule has 2 aromatic rings. The molecule has 4 rings (SSSR count). The van der Waals surface area contributed by atoms with Crippen LogP contribution in [-0.4, -0.2) is 48.4 Å². The van der Waals surface area contributed by atoms with Crippen molar-refractivity contribution in [1.82, 2.24) is 4.90 Å². The lowest BCUT2D eigenvalue weighted by Gasteiger charge is -2.32. The van der Waals surface area contributed by atoms with Crippen LogP contribution in [-0.2, 0) is 12.8 Å². The molecule has 2 atom stereocenters. The highest BCUT2D eigenvalue weighted by molar-refractivity contribution is 8.02. The van der Waals surface area contributed by atoms with E-state index in [0.717, 1.165) is 36.1 Å². The molecule has 2 aliphatic rings. The molecule has 1 saturated heterocycles. The second-order valence-corrected chi connectivity index (χ2v) is 10.7. The highest BCUT2D eigenvalue weighted by Gasteiger charge is 2.30. The molecule has 1 unspecified atom stereocenters. The van der Waals surface area contributed by atoms with Crippen molar-refractivity contribution < 1.29 is 4.74 Å². The number of ether oxygens (including phenoxy) is 1. The number of rotatable bonds is 8. The molecule has 1 aliphatic carbocycles. The summed E-state index contributed by atoms with van der Waals surface area (Å²) in [5.41, 5.74) is 2.93. The van der Waals surface area contributed by atoms with E-state index in [1.807, 2.05) is 43.4 Å². The van der Waals surface area contributed by atoms with E-state index in [1.54, 1.807) is 0 Å². The number of aryl methyl sites for hydroxylation is 1. The van der Waals surface area contributed by atoms with Crippen LogP contribution in [0.4, 0.5) is 0 Å². The standard InChI is InChI=1S/C24H30ClNOS2.C2H6/c1-28-12-13-29-24-8-6-23(7-9-24)27-17-18-10-11-26(16-18)22-5-3-19-2-4-21(25)14-20(19)15-22;1-2/h2,4,6-9,14,18,22H,3,5,10-13,15-17H2,1H3;1-2H3/t18-,22?;/m0./s1. The Labute approximate surface area is 202 Å². The van der Waals surface area contributed by atoms with Crippen molar-refractivity contribution in [2.75, 3.05) is 37.5 Å². The van der Waals surface area contributed by atoms with Crippen molar-refractivity contribution in [2.24, 2.45) is 5.92 Å². The monoisotopic (exact) mass is 477 g/mol. The van der Waals surface area contributed by atoms with Gasteiger partial charge in [0.25, 0.3) is 0 Å². The number of fused-ring (bicyclic) bond motifs is 1. The van der Waals surface area contributed by atoms with Gasteiger partial charge in [-0.3, -0.25) is 4.90 Å². The average Bonchev–Trinajstić information content (AvgIpc) is 3.29. The Hall–Kier alpha value is -0.810. The lowest BCUT2D eigenvalue weighted by atomic mass is 9.87. The molecule has 1 aliphatic heterocycles. The van der Waals surface area contributed by atoms with Gasteiger partial charge in [0.05, 0.1) is 6.61 Å². The normalized spacial score (nSPS) is 20.6. The first-order valence-corrected chi connectivity index (χ1v) is 14.3. The van der Waals surface area contributed by atoms with Crippen molar-refractivity contribution >= 4 is 35.1 Å². The zero-order valence-electron chi connectivity index (χ0n) is 19.1. The fourth-order valence-electron chi connectivity index (χ4n) is 4.44. The van der Waals surface area contributed by atoms with E-state index in [9.17, 15) is 0 Å². The van der Waals surface area contributed by atoms with Gasteiger partial charge < -0.3 is 4.74 Å². The zero-order valence-corrected chi connectivity index (χ0v) is 21.5. The van der Waals surface area contributed by atoms with Crippen LogP contribution >= 0.6 is 35.1 Å². The fraction of sp³-hybridized carbons (Fsp3) is 0.538. The molecule has 170 valence electrons. The van der Waals surface area contributed by atoms with Gasteiger partial charge in [-0.2, -0.15) is 11.8 Å². The van der Waals surface area contributed by atoms with Crippen LogP contribution in [0.25, 0.3) is 0 Å². The molecule has 0 amide bonds. The van der Waals surface area contributed by atoms with Crippen LogP contribution in [0, 0.1) is 5.92 Å². The first-order valence-electron chi connectivity index (χ1n) is 11.6. The van der Waals surface area contributed by atoms with Gasteiger partial charge in [-0.15, -0.1) is 11.8 Å². The summed E-state index contributed by atoms with van der Waals surface area (Å²) in [7, 11) is 0. The molecule has 0 N–H and O–H groups in total. The maximum absolute atomic E-state index is 6.22. The van der Waals surface area contributed by atoms with E-state index < -0.39 is 0 Å². The summed E-state index contributed by atoms with van der Waals surface area (Å²) in [5, 5.41) is 0.866. The SMILES string of the molecule is CC.CSCCSc1ccc(OC[C@H]2CCN(C3CCc4ccc(Cl)cc4C3)C2)cc1. The van der Waals surface area contributed by atoms with Crippen LogP contribution in [0.5, 0.6) is 5.75 Å². The van der Waals surface area contributed by atoms with Gasteiger partial charge in [-0.05, 0) is 86.0 Å². The van der Waals surface area contributed by atoms with Crippen LogP contribution in [0.3, 0.4) is 0 Å². The molecule has 0 aromatic heterocycles. The molecule has 0 radical (unpaired) electrons. The van der Waals surface area contributed by atoms with Gasteiger partial charge in [0.15, 0.2) is 0 Å². The largest absolute Gasteiger partial charge is 0.493 e. The number of nitrogens with zero attached hydrogens (tertiary/aromatic N) is 1. The zero-order chi connectivity index (χ0) is 22.1. The van der Waals surface area contributed by atoms with Crippen molar-refractivity contribution in [3.05, 3.63) is 58.6 Å². The topological polar surface area (TPSA) is 12.5 Å². The third-order valence-electron chi connectivity index (χ3n) is 6.07. The second-order valence-electron chi connectivity index (χ2n) is 8.08. The molecule has 2 aromatic carbocycles. The number of thioether (sulfide) groups is 2. The van der Waals surface area contributed by atoms with E-state index in [4.69, 9.17) is 16.3 Å². The van der Waals surface area contributed by atoms with E-state index in [0.29, 0.717) is 12.0 Å². The van der Waals surface area contributed by atoms with Gasteiger partial charge in [0.2, 0.25) is 0 Å². The predicted molar refractivity (Wildman–Crippen MR) is 139 cm³/mol. The van der Waals surface area contributed by atoms with E-state index in [-0.39, 0.29) is 0 Å². The average molecular weight is 478 g/mol. The summed E-state index contributed by atoms with van der Waals surface area (Å²) in [5.74, 6) is 3.99. The Kier molecular flexibility index (Phi) is 10.4. The van der Waals surface area contributed by atoms with Crippen molar-refractivity contribution in [3.63, 3.8) is 0 Å². The van der Waals surface area contributed by atoms with Crippen molar-refractivity contribution in [3.8, 4) is 5.75 Å². The van der Waals surface area contributed by atoms with Crippen LogP contribution in [0.15, 0.2) is 47.4 Å². The highest BCUT2D eigenvalue weighted by Crippen LogP contribution is 2.30. The predicted octanol–water partition coefficient (Wildman–Crippen LogP) is 7.08. The summed E-state index contributed by atoms with van der Waals surface area (Å²) >= 11 is 10.0. The van der Waals surface area contributed by atoms with Crippen molar-refractivity contribution in [1.29, 1.82) is 0 Å². The van der Waals surface area contributed by atoms with E-state index in [2.05, 4.69) is 47.6 Å². The maximum Gasteiger partial charge on any atom is 0.119 e. The molecule has 0 spiro atoms. The van der Waals surface area contributed by atoms with Gasteiger partial charge >= 0.3 is 0 Å². The smallest absolute Gasteiger partial charge is 0.119 e. The first-order chi connectivity index (χ1) is 15.2. The lowest BCUT2D eigenvalue weighted by Crippen LogP contribution is -2.38. The Balaban J connectivity index is 0.00000132. The number of likely N-dealkylation sites (tertiary alicyclic amines) is 1. The minimum Gasteiger partial charge on any atom is -0.493 e. The van der Waals surface area contributed by atoms with E-state index >= 15 is 0 Å². The maximum atomic E-state index is 6.22. The van der Waals surface area contributed by atoms with Crippen molar-refractivity contribution in [2.45, 2.75) is 50.5 Å². The summed E-state index contributed by atoms with van der Waals surface area (Å²) in [6, 6.07) is 15.7. The molecule has 0 saturated carbocycles. The Morgan fingerprint density at radius 2 is 1.84 bits per heavy atom. The molecule has 0 bridgehead atoms. The molecule has 1 heterocycles. The number of hydrogen-bond acceptors (Lipinski definition) is 4. The Morgan fingerprint density at radius 3 is 2.61 bits per heavy atom. The van der Waals surface area contributed by atoms with Crippen LogP contribution < -0.4 is 4.74 Å². The number of halogens is 1. The molecule has 2 nitrogen and oxygen atoms in total. The minimum absolute atomic E-state index is 0.631. The lowest BCUT2D eigenvalue weighted by molar-refractivity contribution is 0.195. The van der Waals surface area contributed by atoms with Gasteiger partial charge in [-0.25, -0.2) is 0 Å². The summed E-state index contributed by atoms with van der Waals surface area (Å²) < 4.78 is 6.12. The molecule has 5 heteroatoms. The third kappa shape index (κ3) is 7.35. The molecular weight excluding hydrogens is 442 g/mol. The first kappa shape index (κ1) is 24.8. The summed E-state index contributed by atoms with van der Waals surface area (Å²) in [4.78, 5) is 4.01. The molecular formula is C26H36ClNOS2. The Morgan fingerprint density at radius 1 is 1.03 bits per heavy atom. The van der Waals surface area contributed by atoms with Crippen LogP contribution in [0.1, 0.15) is 37.8 Å². The highest BCUT2D eigenvalue weighted by atomic mass is 35.5. The van der Waals surface area contributed by atoms with Crippen LogP contribution in [0.2, 0.25) is 5.02 Å². The van der Waals surface area contributed by atoms with Gasteiger partial charge in [0.1, 0.15) is 5.75 Å². The Bertz CT molecular complexity index is 798. The molecule has 1 fully saturated rings. The van der Waals surface area contributed by atoms with Gasteiger partial charge in [-0.1, -0.05) is 31.5 Å².